The second-order valence-electron chi connectivity index (χ2n) is 3.77. The zero-order valence-electron chi connectivity index (χ0n) is 8.55. The van der Waals surface area contributed by atoms with Crippen molar-refractivity contribution in [2.45, 2.75) is 45.1 Å². The van der Waals surface area contributed by atoms with Crippen LogP contribution in [0.1, 0.15) is 39.0 Å². The zero-order chi connectivity index (χ0) is 9.52. The van der Waals surface area contributed by atoms with Gasteiger partial charge in [-0.25, -0.2) is 0 Å². The molecule has 0 heterocycles. The average Bonchev–Trinajstić information content (AvgIpc) is 2.64. The van der Waals surface area contributed by atoms with Crippen LogP contribution < -0.4 is 5.32 Å². The largest absolute Gasteiger partial charge is 0.392 e. The molecule has 0 amide bonds. The third-order valence-electron chi connectivity index (χ3n) is 2.61. The molecule has 0 spiro atoms. The van der Waals surface area contributed by atoms with Crippen LogP contribution in [-0.4, -0.2) is 24.3 Å². The van der Waals surface area contributed by atoms with Crippen LogP contribution in [0.15, 0.2) is 11.6 Å². The van der Waals surface area contributed by atoms with Gasteiger partial charge in [-0.1, -0.05) is 18.6 Å². The van der Waals surface area contributed by atoms with Crippen LogP contribution in [0, 0.1) is 0 Å². The minimum Gasteiger partial charge on any atom is -0.392 e. The van der Waals surface area contributed by atoms with Crippen LogP contribution in [0.25, 0.3) is 0 Å². The summed E-state index contributed by atoms with van der Waals surface area (Å²) in [6.07, 6.45) is 8.10. The molecule has 13 heavy (non-hydrogen) atoms. The summed E-state index contributed by atoms with van der Waals surface area (Å²) in [6.45, 7) is 3.76. The van der Waals surface area contributed by atoms with Crippen molar-refractivity contribution in [3.05, 3.63) is 11.6 Å². The zero-order valence-corrected chi connectivity index (χ0v) is 8.55. The Hall–Kier alpha value is -0.340. The molecular weight excluding hydrogens is 162 g/mol. The van der Waals surface area contributed by atoms with Gasteiger partial charge in [0.15, 0.2) is 0 Å². The third-order valence-corrected chi connectivity index (χ3v) is 2.61. The van der Waals surface area contributed by atoms with Gasteiger partial charge in [0.2, 0.25) is 0 Å². The molecule has 1 rings (SSSR count). The van der Waals surface area contributed by atoms with Crippen LogP contribution in [0.3, 0.4) is 0 Å². The monoisotopic (exact) mass is 183 g/mol. The number of aliphatic hydroxyl groups excluding tert-OH is 1. The van der Waals surface area contributed by atoms with E-state index in [-0.39, 0.29) is 6.10 Å². The Balaban J connectivity index is 1.94. The van der Waals surface area contributed by atoms with Gasteiger partial charge in [0.05, 0.1) is 6.10 Å². The Labute approximate surface area is 81.0 Å². The number of aliphatic hydroxyl groups is 1. The van der Waals surface area contributed by atoms with E-state index in [1.165, 1.54) is 19.3 Å². The molecule has 0 radical (unpaired) electrons. The predicted octanol–water partition coefficient (Wildman–Crippen LogP) is 1.85. The Bertz CT molecular complexity index is 165. The van der Waals surface area contributed by atoms with Gasteiger partial charge in [-0.3, -0.25) is 0 Å². The molecule has 1 unspecified atom stereocenters. The Morgan fingerprint density at radius 1 is 1.62 bits per heavy atom. The molecule has 0 saturated carbocycles. The Kier molecular flexibility index (Phi) is 5.09. The van der Waals surface area contributed by atoms with Gasteiger partial charge in [0, 0.05) is 6.54 Å². The lowest BCUT2D eigenvalue weighted by molar-refractivity contribution is 0.168. The van der Waals surface area contributed by atoms with Crippen LogP contribution in [0.2, 0.25) is 0 Å². The third kappa shape index (κ3) is 4.44. The van der Waals surface area contributed by atoms with E-state index >= 15 is 0 Å². The molecule has 2 N–H and O–H groups in total. The minimum atomic E-state index is -0.169. The summed E-state index contributed by atoms with van der Waals surface area (Å²) in [4.78, 5) is 0. The molecule has 0 aromatic heterocycles. The fraction of sp³-hybridized carbons (Fsp3) is 0.818. The maximum absolute atomic E-state index is 9.27. The number of rotatable bonds is 6. The van der Waals surface area contributed by atoms with E-state index in [1.807, 2.05) is 6.92 Å². The number of allylic oxidation sites excluding steroid dienone is 1. The highest BCUT2D eigenvalue weighted by Gasteiger charge is 2.04. The van der Waals surface area contributed by atoms with E-state index in [9.17, 15) is 5.11 Å². The summed E-state index contributed by atoms with van der Waals surface area (Å²) >= 11 is 0. The fourth-order valence-electron chi connectivity index (χ4n) is 1.63. The predicted molar refractivity (Wildman–Crippen MR) is 55.7 cm³/mol. The highest BCUT2D eigenvalue weighted by atomic mass is 16.3. The second-order valence-corrected chi connectivity index (χ2v) is 3.77. The summed E-state index contributed by atoms with van der Waals surface area (Å²) in [6, 6.07) is 0. The molecular formula is C11H21NO. The molecule has 0 aromatic carbocycles. The average molecular weight is 183 g/mol. The summed E-state index contributed by atoms with van der Waals surface area (Å²) in [5.41, 5.74) is 1.60. The SMILES string of the molecule is CCC(O)CNCCC1=CCCC1. The van der Waals surface area contributed by atoms with E-state index in [4.69, 9.17) is 0 Å². The van der Waals surface area contributed by atoms with Crippen molar-refractivity contribution in [1.82, 2.24) is 5.32 Å². The smallest absolute Gasteiger partial charge is 0.0662 e. The quantitative estimate of drug-likeness (QED) is 0.486. The van der Waals surface area contributed by atoms with Gasteiger partial charge in [0.1, 0.15) is 0 Å². The van der Waals surface area contributed by atoms with Gasteiger partial charge in [-0.05, 0) is 38.6 Å². The maximum Gasteiger partial charge on any atom is 0.0662 e. The van der Waals surface area contributed by atoms with Crippen molar-refractivity contribution in [3.63, 3.8) is 0 Å². The first-order chi connectivity index (χ1) is 6.33. The lowest BCUT2D eigenvalue weighted by Gasteiger charge is -2.09. The van der Waals surface area contributed by atoms with E-state index in [0.29, 0.717) is 0 Å². The van der Waals surface area contributed by atoms with Crippen molar-refractivity contribution in [2.75, 3.05) is 13.1 Å². The van der Waals surface area contributed by atoms with Gasteiger partial charge < -0.3 is 10.4 Å². The van der Waals surface area contributed by atoms with Gasteiger partial charge >= 0.3 is 0 Å². The highest BCUT2D eigenvalue weighted by molar-refractivity contribution is 5.07. The van der Waals surface area contributed by atoms with Gasteiger partial charge in [0.25, 0.3) is 0 Å². The van der Waals surface area contributed by atoms with Crippen molar-refractivity contribution in [3.8, 4) is 0 Å². The van der Waals surface area contributed by atoms with Crippen molar-refractivity contribution in [2.24, 2.45) is 0 Å². The molecule has 1 atom stereocenters. The van der Waals surface area contributed by atoms with Crippen LogP contribution in [-0.2, 0) is 0 Å². The standard InChI is InChI=1S/C11H21NO/c1-2-11(13)9-12-8-7-10-5-3-4-6-10/h5,11-13H,2-4,6-9H2,1H3. The first kappa shape index (κ1) is 10.7. The summed E-state index contributed by atoms with van der Waals surface area (Å²) in [7, 11) is 0. The molecule has 2 heteroatoms. The Morgan fingerprint density at radius 3 is 3.08 bits per heavy atom. The van der Waals surface area contributed by atoms with Crippen LogP contribution >= 0.6 is 0 Å². The molecule has 0 aliphatic heterocycles. The molecule has 2 nitrogen and oxygen atoms in total. The molecule has 0 saturated heterocycles. The topological polar surface area (TPSA) is 32.3 Å². The van der Waals surface area contributed by atoms with E-state index < -0.39 is 0 Å². The minimum absolute atomic E-state index is 0.169. The van der Waals surface area contributed by atoms with Crippen LogP contribution in [0.4, 0.5) is 0 Å². The fourth-order valence-corrected chi connectivity index (χ4v) is 1.63. The molecule has 1 aliphatic rings. The lowest BCUT2D eigenvalue weighted by Crippen LogP contribution is -2.27. The van der Waals surface area contributed by atoms with Gasteiger partial charge in [-0.2, -0.15) is 0 Å². The van der Waals surface area contributed by atoms with Crippen LogP contribution in [0.5, 0.6) is 0 Å². The van der Waals surface area contributed by atoms with Gasteiger partial charge in [-0.15, -0.1) is 0 Å². The van der Waals surface area contributed by atoms with Crippen molar-refractivity contribution >= 4 is 0 Å². The lowest BCUT2D eigenvalue weighted by atomic mass is 10.1. The molecule has 0 aromatic rings. The first-order valence-electron chi connectivity index (χ1n) is 5.39. The molecule has 0 fully saturated rings. The van der Waals surface area contributed by atoms with Crippen molar-refractivity contribution in [1.29, 1.82) is 0 Å². The molecule has 1 aliphatic carbocycles. The number of nitrogens with one attached hydrogen (secondary N) is 1. The summed E-state index contributed by atoms with van der Waals surface area (Å²) < 4.78 is 0. The van der Waals surface area contributed by atoms with E-state index in [1.54, 1.807) is 5.57 Å². The normalized spacial score (nSPS) is 18.8. The number of hydrogen-bond acceptors (Lipinski definition) is 2. The summed E-state index contributed by atoms with van der Waals surface area (Å²) in [5, 5.41) is 12.5. The van der Waals surface area contributed by atoms with E-state index in [0.717, 1.165) is 25.9 Å². The maximum atomic E-state index is 9.27. The van der Waals surface area contributed by atoms with Crippen molar-refractivity contribution < 1.29 is 5.11 Å². The first-order valence-corrected chi connectivity index (χ1v) is 5.39. The summed E-state index contributed by atoms with van der Waals surface area (Å²) in [5.74, 6) is 0. The molecule has 0 bridgehead atoms. The molecule has 76 valence electrons. The Morgan fingerprint density at radius 2 is 2.46 bits per heavy atom. The number of hydrogen-bond donors (Lipinski definition) is 2. The second kappa shape index (κ2) is 6.17. The van der Waals surface area contributed by atoms with E-state index in [2.05, 4.69) is 11.4 Å². The highest BCUT2D eigenvalue weighted by Crippen LogP contribution is 2.19.